The van der Waals surface area contributed by atoms with Gasteiger partial charge in [-0.15, -0.1) is 0 Å². The molecule has 1 atom stereocenters. The first kappa shape index (κ1) is 15.3. The van der Waals surface area contributed by atoms with Crippen LogP contribution in [0.3, 0.4) is 0 Å². The molecule has 1 aromatic carbocycles. The molecule has 1 N–H and O–H groups in total. The van der Waals surface area contributed by atoms with Gasteiger partial charge in [0.1, 0.15) is 0 Å². The highest BCUT2D eigenvalue weighted by Gasteiger charge is 2.24. The van der Waals surface area contributed by atoms with Gasteiger partial charge >= 0.3 is 0 Å². The van der Waals surface area contributed by atoms with E-state index in [-0.39, 0.29) is 0 Å². The average molecular weight is 345 g/mol. The van der Waals surface area contributed by atoms with Gasteiger partial charge in [-0.2, -0.15) is 0 Å². The molecule has 1 aliphatic carbocycles. The maximum Gasteiger partial charge on any atom is 0.0417 e. The van der Waals surface area contributed by atoms with E-state index in [1.165, 1.54) is 44.1 Å². The highest BCUT2D eigenvalue weighted by molar-refractivity contribution is 9.10. The number of rotatable bonds is 4. The SMILES string of the molecule is CCNC(c1ccc(Cl)cc1Br)C1CCCCCC1. The van der Waals surface area contributed by atoms with Gasteiger partial charge in [-0.1, -0.05) is 66.2 Å². The fourth-order valence-corrected chi connectivity index (χ4v) is 4.08. The second kappa shape index (κ2) is 7.66. The Morgan fingerprint density at radius 3 is 2.53 bits per heavy atom. The predicted molar refractivity (Wildman–Crippen MR) is 86.8 cm³/mol. The van der Waals surface area contributed by atoms with Crippen LogP contribution in [-0.2, 0) is 0 Å². The van der Waals surface area contributed by atoms with Gasteiger partial charge in [0.15, 0.2) is 0 Å². The Morgan fingerprint density at radius 2 is 1.95 bits per heavy atom. The van der Waals surface area contributed by atoms with E-state index in [1.54, 1.807) is 0 Å². The average Bonchev–Trinajstić information content (AvgIpc) is 2.65. The van der Waals surface area contributed by atoms with Crippen molar-refractivity contribution in [1.29, 1.82) is 0 Å². The molecule has 1 nitrogen and oxygen atoms in total. The molecule has 2 rings (SSSR count). The van der Waals surface area contributed by atoms with Gasteiger partial charge in [-0.25, -0.2) is 0 Å². The van der Waals surface area contributed by atoms with Crippen LogP contribution in [0.5, 0.6) is 0 Å². The summed E-state index contributed by atoms with van der Waals surface area (Å²) in [5, 5.41) is 4.48. The van der Waals surface area contributed by atoms with Crippen molar-refractivity contribution in [3.05, 3.63) is 33.3 Å². The molecule has 106 valence electrons. The van der Waals surface area contributed by atoms with Crippen molar-refractivity contribution in [3.8, 4) is 0 Å². The molecule has 1 aromatic rings. The maximum absolute atomic E-state index is 6.06. The highest BCUT2D eigenvalue weighted by atomic mass is 79.9. The molecule has 0 saturated heterocycles. The van der Waals surface area contributed by atoms with Gasteiger partial charge in [-0.3, -0.25) is 0 Å². The molecule has 0 spiro atoms. The van der Waals surface area contributed by atoms with E-state index in [0.717, 1.165) is 22.0 Å². The molecular formula is C16H23BrClN. The normalized spacial score (nSPS) is 19.1. The summed E-state index contributed by atoms with van der Waals surface area (Å²) in [6, 6.07) is 6.64. The summed E-state index contributed by atoms with van der Waals surface area (Å²) in [5.41, 5.74) is 1.36. The smallest absolute Gasteiger partial charge is 0.0417 e. The van der Waals surface area contributed by atoms with Crippen LogP contribution in [0.4, 0.5) is 0 Å². The Balaban J connectivity index is 2.22. The fraction of sp³-hybridized carbons (Fsp3) is 0.625. The minimum atomic E-state index is 0.453. The van der Waals surface area contributed by atoms with Crippen molar-refractivity contribution < 1.29 is 0 Å². The third kappa shape index (κ3) is 4.21. The summed E-state index contributed by atoms with van der Waals surface area (Å²) in [6.45, 7) is 3.20. The van der Waals surface area contributed by atoms with Crippen molar-refractivity contribution in [3.63, 3.8) is 0 Å². The Labute approximate surface area is 130 Å². The van der Waals surface area contributed by atoms with Crippen LogP contribution in [0.25, 0.3) is 0 Å². The largest absolute Gasteiger partial charge is 0.310 e. The lowest BCUT2D eigenvalue weighted by Crippen LogP contribution is -2.28. The van der Waals surface area contributed by atoms with Crippen LogP contribution in [0.2, 0.25) is 5.02 Å². The van der Waals surface area contributed by atoms with Gasteiger partial charge < -0.3 is 5.32 Å². The second-order valence-electron chi connectivity index (χ2n) is 5.45. The minimum Gasteiger partial charge on any atom is -0.310 e. The fourth-order valence-electron chi connectivity index (χ4n) is 3.15. The first-order valence-electron chi connectivity index (χ1n) is 7.40. The molecule has 0 aromatic heterocycles. The molecule has 19 heavy (non-hydrogen) atoms. The van der Waals surface area contributed by atoms with Gasteiger partial charge in [-0.05, 0) is 43.0 Å². The Kier molecular flexibility index (Phi) is 6.18. The van der Waals surface area contributed by atoms with E-state index in [2.05, 4.69) is 34.2 Å². The van der Waals surface area contributed by atoms with Gasteiger partial charge in [0.05, 0.1) is 0 Å². The van der Waals surface area contributed by atoms with Crippen LogP contribution in [0, 0.1) is 5.92 Å². The van der Waals surface area contributed by atoms with Crippen LogP contribution in [0.15, 0.2) is 22.7 Å². The first-order chi connectivity index (χ1) is 9.22. The molecule has 0 amide bonds. The number of halogens is 2. The van der Waals surface area contributed by atoms with E-state index >= 15 is 0 Å². The molecule has 0 radical (unpaired) electrons. The van der Waals surface area contributed by atoms with Gasteiger partial charge in [0, 0.05) is 15.5 Å². The van der Waals surface area contributed by atoms with E-state index in [1.807, 2.05) is 12.1 Å². The zero-order chi connectivity index (χ0) is 13.7. The molecule has 1 saturated carbocycles. The van der Waals surface area contributed by atoms with E-state index in [4.69, 9.17) is 11.6 Å². The summed E-state index contributed by atoms with van der Waals surface area (Å²) in [4.78, 5) is 0. The van der Waals surface area contributed by atoms with Crippen LogP contribution in [-0.4, -0.2) is 6.54 Å². The lowest BCUT2D eigenvalue weighted by atomic mass is 9.87. The Bertz CT molecular complexity index is 400. The molecule has 0 aliphatic heterocycles. The number of hydrogen-bond acceptors (Lipinski definition) is 1. The predicted octanol–water partition coefficient (Wildman–Crippen LogP) is 5.72. The quantitative estimate of drug-likeness (QED) is 0.688. The van der Waals surface area contributed by atoms with E-state index in [0.29, 0.717) is 6.04 Å². The molecule has 1 aliphatic rings. The standard InChI is InChI=1S/C16H23BrClN/c1-2-19-16(12-7-5-3-4-6-8-12)14-10-9-13(18)11-15(14)17/h9-12,16,19H,2-8H2,1H3. The minimum absolute atomic E-state index is 0.453. The molecule has 3 heteroatoms. The number of hydrogen-bond donors (Lipinski definition) is 1. The highest BCUT2D eigenvalue weighted by Crippen LogP contribution is 2.37. The molecule has 1 fully saturated rings. The Morgan fingerprint density at radius 1 is 1.26 bits per heavy atom. The van der Waals surface area contributed by atoms with Crippen molar-refractivity contribution in [1.82, 2.24) is 5.32 Å². The third-order valence-electron chi connectivity index (χ3n) is 4.09. The summed E-state index contributed by atoms with van der Waals surface area (Å²) in [7, 11) is 0. The summed E-state index contributed by atoms with van der Waals surface area (Å²) in [5.74, 6) is 0.750. The lowest BCUT2D eigenvalue weighted by Gasteiger charge is -2.28. The van der Waals surface area contributed by atoms with Crippen LogP contribution in [0.1, 0.15) is 57.1 Å². The monoisotopic (exact) mass is 343 g/mol. The molecular weight excluding hydrogens is 322 g/mol. The maximum atomic E-state index is 6.06. The summed E-state index contributed by atoms with van der Waals surface area (Å²) >= 11 is 9.74. The topological polar surface area (TPSA) is 12.0 Å². The van der Waals surface area contributed by atoms with Crippen molar-refractivity contribution in [2.24, 2.45) is 5.92 Å². The number of benzene rings is 1. The van der Waals surface area contributed by atoms with Crippen LogP contribution >= 0.6 is 27.5 Å². The first-order valence-corrected chi connectivity index (χ1v) is 8.57. The molecule has 1 unspecified atom stereocenters. The van der Waals surface area contributed by atoms with Gasteiger partial charge in [0.25, 0.3) is 0 Å². The summed E-state index contributed by atoms with van der Waals surface area (Å²) in [6.07, 6.45) is 8.23. The molecule has 0 heterocycles. The zero-order valence-corrected chi connectivity index (χ0v) is 13.9. The Hall–Kier alpha value is -0.0500. The van der Waals surface area contributed by atoms with Gasteiger partial charge in [0.2, 0.25) is 0 Å². The number of nitrogens with one attached hydrogen (secondary N) is 1. The zero-order valence-electron chi connectivity index (χ0n) is 11.6. The van der Waals surface area contributed by atoms with E-state index in [9.17, 15) is 0 Å². The lowest BCUT2D eigenvalue weighted by molar-refractivity contribution is 0.329. The second-order valence-corrected chi connectivity index (χ2v) is 6.74. The van der Waals surface area contributed by atoms with Crippen molar-refractivity contribution >= 4 is 27.5 Å². The summed E-state index contributed by atoms with van der Waals surface area (Å²) < 4.78 is 1.13. The van der Waals surface area contributed by atoms with Crippen LogP contribution < -0.4 is 5.32 Å². The van der Waals surface area contributed by atoms with Crippen molar-refractivity contribution in [2.75, 3.05) is 6.54 Å². The molecule has 0 bridgehead atoms. The van der Waals surface area contributed by atoms with Crippen molar-refractivity contribution in [2.45, 2.75) is 51.5 Å². The third-order valence-corrected chi connectivity index (χ3v) is 5.01. The van der Waals surface area contributed by atoms with E-state index < -0.39 is 0 Å².